The quantitative estimate of drug-likeness (QED) is 0.705. The minimum Gasteiger partial charge on any atom is -0.457 e. The predicted octanol–water partition coefficient (Wildman–Crippen LogP) is 2.86. The number of ether oxygens (including phenoxy) is 2. The lowest BCUT2D eigenvalue weighted by Gasteiger charge is -2.26. The zero-order valence-electron chi connectivity index (χ0n) is 14.2. The van der Waals surface area contributed by atoms with Crippen LogP contribution in [0.15, 0.2) is 47.4 Å². The van der Waals surface area contributed by atoms with Gasteiger partial charge in [-0.05, 0) is 24.3 Å². The number of esters is 1. The number of rotatable bonds is 5. The molecular formula is C18H17ClFNO5S. The highest BCUT2D eigenvalue weighted by atomic mass is 35.5. The Hall–Kier alpha value is -2.00. The second kappa shape index (κ2) is 8.35. The van der Waals surface area contributed by atoms with Gasteiger partial charge in [-0.1, -0.05) is 29.8 Å². The second-order valence-electron chi connectivity index (χ2n) is 5.83. The van der Waals surface area contributed by atoms with E-state index in [0.29, 0.717) is 10.6 Å². The van der Waals surface area contributed by atoms with Crippen LogP contribution in [0.3, 0.4) is 0 Å². The van der Waals surface area contributed by atoms with Crippen molar-refractivity contribution in [3.8, 4) is 0 Å². The third kappa shape index (κ3) is 4.47. The van der Waals surface area contributed by atoms with Gasteiger partial charge in [0.25, 0.3) is 0 Å². The lowest BCUT2D eigenvalue weighted by atomic mass is 10.2. The van der Waals surface area contributed by atoms with Crippen molar-refractivity contribution in [3.63, 3.8) is 0 Å². The molecule has 1 saturated heterocycles. The third-order valence-corrected chi connectivity index (χ3v) is 6.35. The molecule has 0 aromatic heterocycles. The second-order valence-corrected chi connectivity index (χ2v) is 8.14. The van der Waals surface area contributed by atoms with E-state index in [9.17, 15) is 17.6 Å². The Morgan fingerprint density at radius 3 is 2.59 bits per heavy atom. The highest BCUT2D eigenvalue weighted by molar-refractivity contribution is 7.89. The van der Waals surface area contributed by atoms with Crippen molar-refractivity contribution >= 4 is 27.6 Å². The standard InChI is InChI=1S/C18H17ClFNO5S/c19-15-4-2-1-3-14(15)12-26-18(22)13-5-6-16(20)17(11-13)27(23,24)21-7-9-25-10-8-21/h1-6,11H,7-10,12H2. The minimum atomic E-state index is -4.07. The molecule has 27 heavy (non-hydrogen) atoms. The third-order valence-electron chi connectivity index (χ3n) is 4.07. The molecule has 0 N–H and O–H groups in total. The Balaban J connectivity index is 1.80. The normalized spacial score (nSPS) is 15.5. The summed E-state index contributed by atoms with van der Waals surface area (Å²) >= 11 is 6.01. The molecule has 144 valence electrons. The van der Waals surface area contributed by atoms with Crippen LogP contribution in [0, 0.1) is 5.82 Å². The van der Waals surface area contributed by atoms with E-state index >= 15 is 0 Å². The highest BCUT2D eigenvalue weighted by Crippen LogP contribution is 2.23. The Labute approximate surface area is 161 Å². The first-order valence-electron chi connectivity index (χ1n) is 8.17. The Kier molecular flexibility index (Phi) is 6.11. The van der Waals surface area contributed by atoms with Gasteiger partial charge in [-0.15, -0.1) is 0 Å². The fourth-order valence-electron chi connectivity index (χ4n) is 2.60. The summed E-state index contributed by atoms with van der Waals surface area (Å²) in [4.78, 5) is 11.7. The number of sulfonamides is 1. The maximum absolute atomic E-state index is 14.2. The van der Waals surface area contributed by atoms with Crippen molar-refractivity contribution in [3.05, 3.63) is 64.4 Å². The number of benzene rings is 2. The van der Waals surface area contributed by atoms with Crippen LogP contribution in [0.2, 0.25) is 5.02 Å². The predicted molar refractivity (Wildman–Crippen MR) is 96.5 cm³/mol. The monoisotopic (exact) mass is 413 g/mol. The molecule has 0 unspecified atom stereocenters. The van der Waals surface area contributed by atoms with Gasteiger partial charge in [0.1, 0.15) is 17.3 Å². The Bertz CT molecular complexity index is 945. The van der Waals surface area contributed by atoms with Crippen LogP contribution in [0.25, 0.3) is 0 Å². The van der Waals surface area contributed by atoms with Gasteiger partial charge >= 0.3 is 5.97 Å². The molecule has 1 aliphatic heterocycles. The van der Waals surface area contributed by atoms with E-state index in [1.165, 1.54) is 6.07 Å². The van der Waals surface area contributed by atoms with Gasteiger partial charge in [0, 0.05) is 23.7 Å². The van der Waals surface area contributed by atoms with E-state index in [-0.39, 0.29) is 38.5 Å². The average molecular weight is 414 g/mol. The molecule has 2 aromatic rings. The Morgan fingerprint density at radius 2 is 1.89 bits per heavy atom. The molecule has 1 heterocycles. The minimum absolute atomic E-state index is 0.0599. The number of hydrogen-bond acceptors (Lipinski definition) is 5. The molecule has 6 nitrogen and oxygen atoms in total. The average Bonchev–Trinajstić information content (AvgIpc) is 2.68. The summed E-state index contributed by atoms with van der Waals surface area (Å²) in [5.74, 6) is -1.70. The summed E-state index contributed by atoms with van der Waals surface area (Å²) in [6.07, 6.45) is 0. The van der Waals surface area contributed by atoms with Gasteiger partial charge in [0.2, 0.25) is 10.0 Å². The summed E-state index contributed by atoms with van der Waals surface area (Å²) in [5, 5.41) is 0.444. The van der Waals surface area contributed by atoms with Gasteiger partial charge in [-0.25, -0.2) is 17.6 Å². The number of carbonyl (C=O) groups is 1. The molecule has 0 amide bonds. The van der Waals surface area contributed by atoms with Crippen LogP contribution >= 0.6 is 11.6 Å². The summed E-state index contributed by atoms with van der Waals surface area (Å²) < 4.78 is 50.9. The van der Waals surface area contributed by atoms with Crippen molar-refractivity contribution in [2.75, 3.05) is 26.3 Å². The van der Waals surface area contributed by atoms with Crippen LogP contribution in [-0.4, -0.2) is 45.0 Å². The molecule has 0 saturated carbocycles. The summed E-state index contributed by atoms with van der Waals surface area (Å²) in [6.45, 7) is 0.647. The first kappa shape index (κ1) is 19.8. The SMILES string of the molecule is O=C(OCc1ccccc1Cl)c1ccc(F)c(S(=O)(=O)N2CCOCC2)c1. The molecule has 0 atom stereocenters. The van der Waals surface area contributed by atoms with Crippen LogP contribution in [0.4, 0.5) is 4.39 Å². The van der Waals surface area contributed by atoms with Gasteiger partial charge in [-0.2, -0.15) is 4.31 Å². The zero-order valence-corrected chi connectivity index (χ0v) is 15.8. The van der Waals surface area contributed by atoms with Crippen LogP contribution in [0.5, 0.6) is 0 Å². The van der Waals surface area contributed by atoms with Crippen LogP contribution < -0.4 is 0 Å². The largest absolute Gasteiger partial charge is 0.457 e. The molecule has 0 spiro atoms. The van der Waals surface area contributed by atoms with Crippen LogP contribution in [0.1, 0.15) is 15.9 Å². The van der Waals surface area contributed by atoms with Crippen molar-refractivity contribution < 1.29 is 27.1 Å². The van der Waals surface area contributed by atoms with Gasteiger partial charge < -0.3 is 9.47 Å². The smallest absolute Gasteiger partial charge is 0.338 e. The van der Waals surface area contributed by atoms with E-state index in [1.807, 2.05) is 0 Å². The van der Waals surface area contributed by atoms with Crippen molar-refractivity contribution in [1.29, 1.82) is 0 Å². The molecule has 9 heteroatoms. The fourth-order valence-corrected chi connectivity index (χ4v) is 4.28. The van der Waals surface area contributed by atoms with E-state index in [4.69, 9.17) is 21.1 Å². The topological polar surface area (TPSA) is 72.9 Å². The van der Waals surface area contributed by atoms with Gasteiger partial charge in [0.15, 0.2) is 0 Å². The van der Waals surface area contributed by atoms with E-state index < -0.39 is 26.7 Å². The first-order chi connectivity index (χ1) is 12.9. The van der Waals surface area contributed by atoms with Gasteiger partial charge in [-0.3, -0.25) is 0 Å². The maximum Gasteiger partial charge on any atom is 0.338 e. The van der Waals surface area contributed by atoms with Crippen molar-refractivity contribution in [1.82, 2.24) is 4.31 Å². The maximum atomic E-state index is 14.2. The van der Waals surface area contributed by atoms with Crippen LogP contribution in [-0.2, 0) is 26.1 Å². The molecule has 0 aliphatic carbocycles. The van der Waals surface area contributed by atoms with E-state index in [2.05, 4.69) is 0 Å². The number of morpholine rings is 1. The van der Waals surface area contributed by atoms with E-state index in [1.54, 1.807) is 24.3 Å². The number of halogens is 2. The highest BCUT2D eigenvalue weighted by Gasteiger charge is 2.30. The zero-order chi connectivity index (χ0) is 19.4. The summed E-state index contributed by atoms with van der Waals surface area (Å²) in [5.41, 5.74) is 0.547. The summed E-state index contributed by atoms with van der Waals surface area (Å²) in [6, 6.07) is 9.98. The Morgan fingerprint density at radius 1 is 1.19 bits per heavy atom. The first-order valence-corrected chi connectivity index (χ1v) is 9.99. The fraction of sp³-hybridized carbons (Fsp3) is 0.278. The molecule has 0 radical (unpaired) electrons. The number of nitrogens with zero attached hydrogens (tertiary/aromatic N) is 1. The number of hydrogen-bond donors (Lipinski definition) is 0. The molecule has 0 bridgehead atoms. The van der Waals surface area contributed by atoms with Crippen molar-refractivity contribution in [2.45, 2.75) is 11.5 Å². The lowest BCUT2D eigenvalue weighted by Crippen LogP contribution is -2.41. The van der Waals surface area contributed by atoms with Crippen molar-refractivity contribution in [2.24, 2.45) is 0 Å². The molecule has 2 aromatic carbocycles. The lowest BCUT2D eigenvalue weighted by molar-refractivity contribution is 0.0472. The number of carbonyl (C=O) groups excluding carboxylic acids is 1. The summed E-state index contributed by atoms with van der Waals surface area (Å²) in [7, 11) is -4.07. The molecule has 1 aliphatic rings. The molecule has 3 rings (SSSR count). The molecular weight excluding hydrogens is 397 g/mol. The molecule has 1 fully saturated rings. The van der Waals surface area contributed by atoms with Gasteiger partial charge in [0.05, 0.1) is 18.8 Å². The van der Waals surface area contributed by atoms with E-state index in [0.717, 1.165) is 16.4 Å².